The molecule has 0 bridgehead atoms. The summed E-state index contributed by atoms with van der Waals surface area (Å²) in [6.45, 7) is 1.75. The quantitative estimate of drug-likeness (QED) is 0.451. The molecule has 0 atom stereocenters. The lowest BCUT2D eigenvalue weighted by molar-refractivity contribution is 0.102. The molecular formula is C23H23N3O5S2. The monoisotopic (exact) mass is 485 g/mol. The molecule has 0 radical (unpaired) electrons. The highest BCUT2D eigenvalue weighted by Gasteiger charge is 2.28. The van der Waals surface area contributed by atoms with Crippen molar-refractivity contribution in [2.24, 2.45) is 0 Å². The second-order valence-electron chi connectivity index (χ2n) is 7.82. The molecule has 3 aromatic carbocycles. The molecule has 1 aliphatic carbocycles. The molecule has 0 spiro atoms. The number of rotatable bonds is 8. The molecule has 3 N–H and O–H groups in total. The molecule has 172 valence electrons. The first-order valence-electron chi connectivity index (χ1n) is 10.3. The molecule has 1 aliphatic rings. The average molecular weight is 486 g/mol. The molecule has 1 saturated carbocycles. The maximum absolute atomic E-state index is 12.7. The van der Waals surface area contributed by atoms with Crippen LogP contribution in [0.3, 0.4) is 0 Å². The Morgan fingerprint density at radius 2 is 1.45 bits per heavy atom. The standard InChI is InChI=1S/C23H23N3O5S2/c1-16-7-10-19(15-22(16)26-33(30,31)20-5-3-2-4-6-20)24-23(27)17-8-13-21(14-9-17)32(28,29)25-18-11-12-18/h2-10,13-15,18,25-26H,11-12H2,1H3,(H,24,27). The van der Waals surface area contributed by atoms with Crippen LogP contribution in [0.1, 0.15) is 28.8 Å². The molecule has 3 aromatic rings. The fraction of sp³-hybridized carbons (Fsp3) is 0.174. The Hall–Kier alpha value is -3.21. The Morgan fingerprint density at radius 1 is 0.818 bits per heavy atom. The molecule has 10 heteroatoms. The third kappa shape index (κ3) is 5.59. The van der Waals surface area contributed by atoms with Crippen molar-refractivity contribution in [1.82, 2.24) is 4.72 Å². The molecule has 1 fully saturated rings. The summed E-state index contributed by atoms with van der Waals surface area (Å²) in [6.07, 6.45) is 1.67. The van der Waals surface area contributed by atoms with Gasteiger partial charge in [-0.15, -0.1) is 0 Å². The van der Waals surface area contributed by atoms with Crippen molar-refractivity contribution >= 4 is 37.3 Å². The van der Waals surface area contributed by atoms with Crippen LogP contribution in [0.25, 0.3) is 0 Å². The van der Waals surface area contributed by atoms with Crippen molar-refractivity contribution in [3.05, 3.63) is 83.9 Å². The number of amides is 1. The number of sulfonamides is 2. The third-order valence-corrected chi connectivity index (χ3v) is 8.04. The molecule has 8 nitrogen and oxygen atoms in total. The SMILES string of the molecule is Cc1ccc(NC(=O)c2ccc(S(=O)(=O)NC3CC3)cc2)cc1NS(=O)(=O)c1ccccc1. The van der Waals surface area contributed by atoms with E-state index in [0.717, 1.165) is 12.8 Å². The van der Waals surface area contributed by atoms with E-state index in [1.165, 1.54) is 42.5 Å². The van der Waals surface area contributed by atoms with Crippen LogP contribution in [0.4, 0.5) is 11.4 Å². The molecule has 0 heterocycles. The molecule has 0 aromatic heterocycles. The van der Waals surface area contributed by atoms with Crippen LogP contribution in [-0.4, -0.2) is 28.8 Å². The number of aryl methyl sites for hydroxylation is 1. The molecule has 4 rings (SSSR count). The molecular weight excluding hydrogens is 462 g/mol. The topological polar surface area (TPSA) is 121 Å². The zero-order valence-corrected chi connectivity index (χ0v) is 19.4. The first kappa shape index (κ1) is 23.0. The fourth-order valence-electron chi connectivity index (χ4n) is 3.09. The lowest BCUT2D eigenvalue weighted by Gasteiger charge is -2.13. The molecule has 33 heavy (non-hydrogen) atoms. The Morgan fingerprint density at radius 3 is 2.09 bits per heavy atom. The molecule has 1 amide bonds. The number of carbonyl (C=O) groups excluding carboxylic acids is 1. The predicted octanol–water partition coefficient (Wildman–Crippen LogP) is 3.49. The lowest BCUT2D eigenvalue weighted by Crippen LogP contribution is -2.25. The maximum atomic E-state index is 12.7. The van der Waals surface area contributed by atoms with E-state index >= 15 is 0 Å². The molecule has 0 unspecified atom stereocenters. The summed E-state index contributed by atoms with van der Waals surface area (Å²) in [4.78, 5) is 12.9. The van der Waals surface area contributed by atoms with Gasteiger partial charge in [0, 0.05) is 17.3 Å². The van der Waals surface area contributed by atoms with Gasteiger partial charge in [-0.2, -0.15) is 0 Å². The van der Waals surface area contributed by atoms with Gasteiger partial charge >= 0.3 is 0 Å². The van der Waals surface area contributed by atoms with Crippen molar-refractivity contribution in [3.8, 4) is 0 Å². The zero-order chi connectivity index (χ0) is 23.6. The highest BCUT2D eigenvalue weighted by atomic mass is 32.2. The second kappa shape index (κ2) is 8.97. The smallest absolute Gasteiger partial charge is 0.261 e. The summed E-state index contributed by atoms with van der Waals surface area (Å²) in [6, 6.07) is 18.5. The fourth-order valence-corrected chi connectivity index (χ4v) is 5.54. The van der Waals surface area contributed by atoms with Crippen LogP contribution in [-0.2, 0) is 20.0 Å². The minimum absolute atomic E-state index is 0.00646. The van der Waals surface area contributed by atoms with E-state index in [9.17, 15) is 21.6 Å². The van der Waals surface area contributed by atoms with Crippen molar-refractivity contribution in [2.45, 2.75) is 35.6 Å². The summed E-state index contributed by atoms with van der Waals surface area (Å²) in [5, 5.41) is 2.71. The van der Waals surface area contributed by atoms with E-state index in [2.05, 4.69) is 14.8 Å². The maximum Gasteiger partial charge on any atom is 0.261 e. The van der Waals surface area contributed by atoms with Crippen molar-refractivity contribution in [1.29, 1.82) is 0 Å². The van der Waals surface area contributed by atoms with Crippen molar-refractivity contribution < 1.29 is 21.6 Å². The first-order valence-corrected chi connectivity index (χ1v) is 13.2. The minimum Gasteiger partial charge on any atom is -0.322 e. The van der Waals surface area contributed by atoms with E-state index in [1.54, 1.807) is 37.3 Å². The van der Waals surface area contributed by atoms with Crippen LogP contribution >= 0.6 is 0 Å². The first-order chi connectivity index (χ1) is 15.6. The summed E-state index contributed by atoms with van der Waals surface area (Å²) < 4.78 is 55.0. The van der Waals surface area contributed by atoms with Crippen LogP contribution in [0, 0.1) is 6.92 Å². The second-order valence-corrected chi connectivity index (χ2v) is 11.2. The van der Waals surface area contributed by atoms with Crippen LogP contribution < -0.4 is 14.8 Å². The van der Waals surface area contributed by atoms with Crippen molar-refractivity contribution in [3.63, 3.8) is 0 Å². The lowest BCUT2D eigenvalue weighted by atomic mass is 10.1. The van der Waals surface area contributed by atoms with E-state index in [4.69, 9.17) is 0 Å². The van der Waals surface area contributed by atoms with Gasteiger partial charge in [0.1, 0.15) is 0 Å². The third-order valence-electron chi connectivity index (χ3n) is 5.12. The van der Waals surface area contributed by atoms with Gasteiger partial charge in [0.2, 0.25) is 10.0 Å². The van der Waals surface area contributed by atoms with Gasteiger partial charge in [-0.05, 0) is 73.9 Å². The number of anilines is 2. The highest BCUT2D eigenvalue weighted by molar-refractivity contribution is 7.92. The van der Waals surface area contributed by atoms with E-state index in [0.29, 0.717) is 16.9 Å². The summed E-state index contributed by atoms with van der Waals surface area (Å²) >= 11 is 0. The van der Waals surface area contributed by atoms with Crippen LogP contribution in [0.15, 0.2) is 82.6 Å². The summed E-state index contributed by atoms with van der Waals surface area (Å²) in [5.41, 5.74) is 1.69. The zero-order valence-electron chi connectivity index (χ0n) is 17.8. The van der Waals surface area contributed by atoms with Gasteiger partial charge in [-0.1, -0.05) is 24.3 Å². The predicted molar refractivity (Wildman–Crippen MR) is 126 cm³/mol. The number of benzene rings is 3. The Kier molecular flexibility index (Phi) is 6.24. The average Bonchev–Trinajstić information content (AvgIpc) is 3.60. The van der Waals surface area contributed by atoms with E-state index < -0.39 is 26.0 Å². The van der Waals surface area contributed by atoms with Gasteiger partial charge < -0.3 is 5.32 Å². The molecule has 0 saturated heterocycles. The number of carbonyl (C=O) groups is 1. The Bertz CT molecular complexity index is 1380. The summed E-state index contributed by atoms with van der Waals surface area (Å²) in [5.74, 6) is -0.449. The van der Waals surface area contributed by atoms with Crippen molar-refractivity contribution in [2.75, 3.05) is 10.0 Å². The molecule has 0 aliphatic heterocycles. The number of hydrogen-bond acceptors (Lipinski definition) is 5. The Balaban J connectivity index is 1.48. The van der Waals surface area contributed by atoms with Gasteiger partial charge in [0.15, 0.2) is 0 Å². The van der Waals surface area contributed by atoms with Gasteiger partial charge in [-0.3, -0.25) is 9.52 Å². The van der Waals surface area contributed by atoms with Gasteiger partial charge in [0.05, 0.1) is 15.5 Å². The van der Waals surface area contributed by atoms with Crippen LogP contribution in [0.2, 0.25) is 0 Å². The number of nitrogens with one attached hydrogen (secondary N) is 3. The normalized spacial score (nSPS) is 14.0. The Labute approximate surface area is 193 Å². The minimum atomic E-state index is -3.78. The van der Waals surface area contributed by atoms with Crippen LogP contribution in [0.5, 0.6) is 0 Å². The van der Waals surface area contributed by atoms with E-state index in [-0.39, 0.29) is 21.4 Å². The summed E-state index contributed by atoms with van der Waals surface area (Å²) in [7, 11) is -7.38. The van der Waals surface area contributed by atoms with Gasteiger partial charge in [-0.25, -0.2) is 21.6 Å². The van der Waals surface area contributed by atoms with E-state index in [1.807, 2.05) is 0 Å². The highest BCUT2D eigenvalue weighted by Crippen LogP contribution is 2.25. The van der Waals surface area contributed by atoms with Gasteiger partial charge in [0.25, 0.3) is 15.9 Å². The number of hydrogen-bond donors (Lipinski definition) is 3. The largest absolute Gasteiger partial charge is 0.322 e.